The number of halogens is 1. The Bertz CT molecular complexity index is 659. The molecule has 1 aromatic rings. The first-order valence-electron chi connectivity index (χ1n) is 5.52. The summed E-state index contributed by atoms with van der Waals surface area (Å²) in [7, 11) is -3.82. The maximum Gasteiger partial charge on any atom is 0.381 e. The highest BCUT2D eigenvalue weighted by atomic mass is 79.9. The SMILES string of the molecule is O=S1(=O)N=C(c2ccc(Br)cc2)C2=C(CC2)CO1. The lowest BCUT2D eigenvalue weighted by Gasteiger charge is -2.22. The van der Waals surface area contributed by atoms with E-state index < -0.39 is 10.3 Å². The second-order valence-electron chi connectivity index (χ2n) is 4.22. The third-order valence-corrected chi connectivity index (χ3v) is 4.44. The van der Waals surface area contributed by atoms with Crippen LogP contribution in [0.3, 0.4) is 0 Å². The van der Waals surface area contributed by atoms with E-state index in [1.54, 1.807) is 0 Å². The summed E-state index contributed by atoms with van der Waals surface area (Å²) in [5, 5.41) is 0. The molecule has 0 bridgehead atoms. The van der Waals surface area contributed by atoms with Gasteiger partial charge in [-0.15, -0.1) is 4.40 Å². The first kappa shape index (κ1) is 12.1. The second kappa shape index (κ2) is 4.29. The predicted molar refractivity (Wildman–Crippen MR) is 71.8 cm³/mol. The van der Waals surface area contributed by atoms with Crippen molar-refractivity contribution >= 4 is 31.9 Å². The van der Waals surface area contributed by atoms with Crippen molar-refractivity contribution in [3.63, 3.8) is 0 Å². The van der Waals surface area contributed by atoms with Crippen LogP contribution in [0.5, 0.6) is 0 Å². The smallest absolute Gasteiger partial charge is 0.248 e. The number of allylic oxidation sites excluding steroid dienone is 1. The summed E-state index contributed by atoms with van der Waals surface area (Å²) in [4.78, 5) is 0. The van der Waals surface area contributed by atoms with E-state index >= 15 is 0 Å². The van der Waals surface area contributed by atoms with Crippen LogP contribution in [0.25, 0.3) is 0 Å². The molecule has 4 nitrogen and oxygen atoms in total. The summed E-state index contributed by atoms with van der Waals surface area (Å²) >= 11 is 3.35. The van der Waals surface area contributed by atoms with Crippen molar-refractivity contribution in [3.8, 4) is 0 Å². The molecule has 18 heavy (non-hydrogen) atoms. The highest BCUT2D eigenvalue weighted by Crippen LogP contribution is 2.34. The molecule has 1 aromatic carbocycles. The Morgan fingerprint density at radius 1 is 1.17 bits per heavy atom. The van der Waals surface area contributed by atoms with Gasteiger partial charge < -0.3 is 0 Å². The zero-order valence-electron chi connectivity index (χ0n) is 9.39. The molecule has 1 aliphatic heterocycles. The first-order valence-corrected chi connectivity index (χ1v) is 7.67. The lowest BCUT2D eigenvalue weighted by molar-refractivity contribution is 0.341. The van der Waals surface area contributed by atoms with Gasteiger partial charge in [-0.2, -0.15) is 8.42 Å². The van der Waals surface area contributed by atoms with Crippen LogP contribution < -0.4 is 0 Å². The molecule has 0 saturated carbocycles. The van der Waals surface area contributed by atoms with E-state index in [9.17, 15) is 8.42 Å². The van der Waals surface area contributed by atoms with E-state index in [1.807, 2.05) is 24.3 Å². The van der Waals surface area contributed by atoms with Crippen LogP contribution in [0.2, 0.25) is 0 Å². The molecule has 1 aliphatic carbocycles. The first-order chi connectivity index (χ1) is 8.55. The minimum absolute atomic E-state index is 0.140. The largest absolute Gasteiger partial charge is 0.381 e. The normalized spacial score (nSPS) is 21.7. The number of rotatable bonds is 1. The van der Waals surface area contributed by atoms with Gasteiger partial charge in [0, 0.05) is 10.0 Å². The molecule has 1 heterocycles. The molecule has 94 valence electrons. The Balaban J connectivity index is 2.14. The minimum Gasteiger partial charge on any atom is -0.248 e. The van der Waals surface area contributed by atoms with Gasteiger partial charge in [-0.1, -0.05) is 28.1 Å². The number of benzene rings is 1. The van der Waals surface area contributed by atoms with Gasteiger partial charge in [0.2, 0.25) is 0 Å². The zero-order chi connectivity index (χ0) is 12.8. The average molecular weight is 328 g/mol. The van der Waals surface area contributed by atoms with E-state index in [2.05, 4.69) is 20.3 Å². The summed E-state index contributed by atoms with van der Waals surface area (Å²) in [5.74, 6) is 0. The van der Waals surface area contributed by atoms with Crippen molar-refractivity contribution in [2.75, 3.05) is 6.61 Å². The minimum atomic E-state index is -3.82. The predicted octanol–water partition coefficient (Wildman–Crippen LogP) is 2.60. The van der Waals surface area contributed by atoms with Crippen LogP contribution >= 0.6 is 15.9 Å². The molecule has 6 heteroatoms. The molecule has 0 atom stereocenters. The van der Waals surface area contributed by atoms with Crippen LogP contribution in [-0.4, -0.2) is 20.7 Å². The molecular weight excluding hydrogens is 318 g/mol. The summed E-state index contributed by atoms with van der Waals surface area (Å²) in [6.45, 7) is 0.140. The molecule has 0 aromatic heterocycles. The van der Waals surface area contributed by atoms with Crippen molar-refractivity contribution in [1.82, 2.24) is 0 Å². The van der Waals surface area contributed by atoms with Crippen LogP contribution in [0.15, 0.2) is 44.3 Å². The molecule has 0 radical (unpaired) electrons. The number of hydrogen-bond acceptors (Lipinski definition) is 3. The van der Waals surface area contributed by atoms with E-state index in [-0.39, 0.29) is 6.61 Å². The topological polar surface area (TPSA) is 55.7 Å². The van der Waals surface area contributed by atoms with Gasteiger partial charge in [0.15, 0.2) is 0 Å². The Labute approximate surface area is 114 Å². The summed E-state index contributed by atoms with van der Waals surface area (Å²) in [6.07, 6.45) is 1.75. The molecule has 3 rings (SSSR count). The van der Waals surface area contributed by atoms with Crippen LogP contribution in [0.4, 0.5) is 0 Å². The van der Waals surface area contributed by atoms with Gasteiger partial charge in [0.1, 0.15) is 0 Å². The molecular formula is C12H10BrNO3S. The molecule has 0 spiro atoms. The van der Waals surface area contributed by atoms with Crippen LogP contribution in [-0.2, 0) is 14.5 Å². The van der Waals surface area contributed by atoms with Gasteiger partial charge in [-0.05, 0) is 36.1 Å². The Morgan fingerprint density at radius 3 is 2.50 bits per heavy atom. The van der Waals surface area contributed by atoms with Crippen molar-refractivity contribution in [2.24, 2.45) is 4.40 Å². The lowest BCUT2D eigenvalue weighted by atomic mass is 9.83. The summed E-state index contributed by atoms with van der Waals surface area (Å²) < 4.78 is 32.7. The third-order valence-electron chi connectivity index (χ3n) is 3.09. The van der Waals surface area contributed by atoms with Crippen molar-refractivity contribution in [1.29, 1.82) is 0 Å². The maximum atomic E-state index is 11.6. The van der Waals surface area contributed by atoms with Gasteiger partial charge >= 0.3 is 10.3 Å². The molecule has 0 saturated heterocycles. The van der Waals surface area contributed by atoms with E-state index in [1.165, 1.54) is 0 Å². The van der Waals surface area contributed by atoms with Crippen LogP contribution in [0.1, 0.15) is 18.4 Å². The van der Waals surface area contributed by atoms with Crippen molar-refractivity contribution < 1.29 is 12.6 Å². The fourth-order valence-corrected chi connectivity index (χ4v) is 3.09. The van der Waals surface area contributed by atoms with Crippen molar-refractivity contribution in [2.45, 2.75) is 12.8 Å². The summed E-state index contributed by atoms with van der Waals surface area (Å²) in [5.41, 5.74) is 3.39. The van der Waals surface area contributed by atoms with E-state index in [0.717, 1.165) is 34.0 Å². The van der Waals surface area contributed by atoms with Gasteiger partial charge in [0.25, 0.3) is 0 Å². The number of nitrogens with zero attached hydrogens (tertiary/aromatic N) is 1. The lowest BCUT2D eigenvalue weighted by Crippen LogP contribution is -2.15. The van der Waals surface area contributed by atoms with Gasteiger partial charge in [-0.3, -0.25) is 0 Å². The Morgan fingerprint density at radius 2 is 1.89 bits per heavy atom. The maximum absolute atomic E-state index is 11.6. The molecule has 0 fully saturated rings. The van der Waals surface area contributed by atoms with Gasteiger partial charge in [-0.25, -0.2) is 4.18 Å². The third kappa shape index (κ3) is 2.15. The average Bonchev–Trinajstić information content (AvgIpc) is 2.35. The van der Waals surface area contributed by atoms with Crippen molar-refractivity contribution in [3.05, 3.63) is 45.4 Å². The Kier molecular flexibility index (Phi) is 2.88. The number of hydrogen-bond donors (Lipinski definition) is 0. The quantitative estimate of drug-likeness (QED) is 0.796. The Hall–Kier alpha value is -0.980. The highest BCUT2D eigenvalue weighted by molar-refractivity contribution is 9.10. The molecule has 0 amide bonds. The summed E-state index contributed by atoms with van der Waals surface area (Å²) in [6, 6.07) is 7.45. The van der Waals surface area contributed by atoms with E-state index in [0.29, 0.717) is 5.71 Å². The fraction of sp³-hybridized carbons (Fsp3) is 0.250. The molecule has 0 N–H and O–H groups in total. The van der Waals surface area contributed by atoms with Crippen LogP contribution in [0, 0.1) is 0 Å². The monoisotopic (exact) mass is 327 g/mol. The zero-order valence-corrected chi connectivity index (χ0v) is 11.8. The fourth-order valence-electron chi connectivity index (χ4n) is 2.05. The second-order valence-corrected chi connectivity index (χ2v) is 6.41. The molecule has 2 aliphatic rings. The highest BCUT2D eigenvalue weighted by Gasteiger charge is 2.29. The molecule has 0 unspecified atom stereocenters. The van der Waals surface area contributed by atoms with E-state index in [4.69, 9.17) is 4.18 Å². The van der Waals surface area contributed by atoms with Gasteiger partial charge in [0.05, 0.1) is 12.3 Å². The standard InChI is InChI=1S/C12H10BrNO3S/c13-10-4-1-8(2-5-10)12-11-6-3-9(11)7-17-18(15,16)14-12/h1-2,4-5H,3,6-7H2.